The molecule has 6 rings (SSSR count). The van der Waals surface area contributed by atoms with Crippen LogP contribution in [0.4, 0.5) is 0 Å². The van der Waals surface area contributed by atoms with Crippen molar-refractivity contribution < 1.29 is 34.3 Å². The maximum Gasteiger partial charge on any atom is 0.335 e. The van der Waals surface area contributed by atoms with Crippen molar-refractivity contribution in [1.29, 1.82) is 0 Å². The van der Waals surface area contributed by atoms with Crippen molar-refractivity contribution in [1.82, 2.24) is 4.98 Å². The molecule has 0 amide bonds. The topological polar surface area (TPSA) is 124 Å². The van der Waals surface area contributed by atoms with Crippen molar-refractivity contribution in [2.45, 2.75) is 76.4 Å². The number of nitrogens with zero attached hydrogens (tertiary/aromatic N) is 1. The number of phenols is 2. The largest absolute Gasteiger partial charge is 0.667 e. The van der Waals surface area contributed by atoms with E-state index < -0.39 is 11.7 Å². The highest BCUT2D eigenvalue weighted by molar-refractivity contribution is 6.05. The average Bonchev–Trinajstić information content (AvgIpc) is 3.71. The first kappa shape index (κ1) is 30.6. The second-order valence-corrected chi connectivity index (χ2v) is 12.2. The number of rotatable bonds is 11. The van der Waals surface area contributed by atoms with Crippen molar-refractivity contribution in [3.8, 4) is 39.9 Å². The van der Waals surface area contributed by atoms with Gasteiger partial charge in [0.05, 0.1) is 19.3 Å². The quantitative estimate of drug-likeness (QED) is 0.164. The number of ketones is 1. The van der Waals surface area contributed by atoms with Crippen molar-refractivity contribution in [3.05, 3.63) is 88.7 Å². The van der Waals surface area contributed by atoms with E-state index in [2.05, 4.69) is 36.2 Å². The van der Waals surface area contributed by atoms with Crippen LogP contribution in [0.25, 0.3) is 11.1 Å². The zero-order valence-electron chi connectivity index (χ0n) is 25.9. The number of methoxy groups -OCH3 is 1. The van der Waals surface area contributed by atoms with Gasteiger partial charge in [-0.25, -0.2) is 0 Å². The second kappa shape index (κ2) is 12.9. The van der Waals surface area contributed by atoms with Crippen molar-refractivity contribution in [3.63, 3.8) is 0 Å². The molecule has 2 aliphatic rings. The summed E-state index contributed by atoms with van der Waals surface area (Å²) in [7, 11) is 1.46. The predicted octanol–water partition coefficient (Wildman–Crippen LogP) is 6.57. The van der Waals surface area contributed by atoms with E-state index in [1.54, 1.807) is 24.3 Å². The Labute approximate surface area is 263 Å². The van der Waals surface area contributed by atoms with Crippen LogP contribution in [-0.4, -0.2) is 45.2 Å². The maximum atomic E-state index is 11.6. The Morgan fingerprint density at radius 2 is 1.78 bits per heavy atom. The molecule has 1 aromatic heterocycles. The zero-order valence-corrected chi connectivity index (χ0v) is 25.9. The van der Waals surface area contributed by atoms with E-state index in [0.717, 1.165) is 60.1 Å². The summed E-state index contributed by atoms with van der Waals surface area (Å²) in [5.74, 6) is 0.763. The van der Waals surface area contributed by atoms with Gasteiger partial charge in [0.25, 0.3) is 0 Å². The summed E-state index contributed by atoms with van der Waals surface area (Å²) < 4.78 is 18.5. The molecule has 1 aliphatic heterocycles. The summed E-state index contributed by atoms with van der Waals surface area (Å²) in [5.41, 5.74) is 5.14. The molecular formula is C37H41NO7. The monoisotopic (exact) mass is 611 g/mol. The molecule has 1 saturated carbocycles. The zero-order chi connectivity index (χ0) is 31.6. The Balaban J connectivity index is 1.35. The van der Waals surface area contributed by atoms with Gasteiger partial charge in [-0.05, 0) is 60.1 Å². The normalized spacial score (nSPS) is 17.1. The molecular weight excluding hydrogens is 570 g/mol. The summed E-state index contributed by atoms with van der Waals surface area (Å²) in [4.78, 5) is 16.0. The van der Waals surface area contributed by atoms with Gasteiger partial charge in [-0.15, -0.1) is 0 Å². The van der Waals surface area contributed by atoms with Gasteiger partial charge in [0, 0.05) is 12.0 Å². The van der Waals surface area contributed by atoms with E-state index in [4.69, 9.17) is 14.2 Å². The lowest BCUT2D eigenvalue weighted by Gasteiger charge is -2.29. The number of aryl methyl sites for hydroxylation is 2. The van der Waals surface area contributed by atoms with Crippen LogP contribution in [0.2, 0.25) is 0 Å². The second-order valence-electron chi connectivity index (χ2n) is 12.2. The van der Waals surface area contributed by atoms with Crippen LogP contribution < -0.4 is 19.2 Å². The minimum Gasteiger partial charge on any atom is -0.667 e. The Morgan fingerprint density at radius 1 is 1.00 bits per heavy atom. The summed E-state index contributed by atoms with van der Waals surface area (Å²) in [6, 6.07) is 17.1. The van der Waals surface area contributed by atoms with Crippen LogP contribution in [-0.2, 0) is 19.3 Å². The highest BCUT2D eigenvalue weighted by atomic mass is 16.5. The first-order valence-corrected chi connectivity index (χ1v) is 15.8. The molecule has 1 atom stereocenters. The van der Waals surface area contributed by atoms with Crippen molar-refractivity contribution in [2.24, 2.45) is 0 Å². The molecule has 0 spiro atoms. The Kier molecular flexibility index (Phi) is 8.76. The van der Waals surface area contributed by atoms with Gasteiger partial charge in [0.15, 0.2) is 17.1 Å². The lowest BCUT2D eigenvalue weighted by atomic mass is 9.90. The number of hydrogen-bond donors (Lipinski definition) is 3. The molecule has 8 heteroatoms. The van der Waals surface area contributed by atoms with Gasteiger partial charge < -0.3 is 34.5 Å². The molecule has 4 aromatic rings. The molecule has 3 aromatic carbocycles. The fourth-order valence-electron chi connectivity index (χ4n) is 6.57. The van der Waals surface area contributed by atoms with Gasteiger partial charge in [0.1, 0.15) is 24.0 Å². The summed E-state index contributed by atoms with van der Waals surface area (Å²) in [6.07, 6.45) is 7.25. The average molecular weight is 612 g/mol. The number of aromatic hydroxyl groups is 2. The SMILES string of the molecule is CCc1cc(-c2cccc(CCc3c(O)c(OC)c(OCCC4(O)CCCC4)c4c3OC(c3ccc(O)cc3)CC4=[OH+])c2)c[n-]1. The van der Waals surface area contributed by atoms with Crippen molar-refractivity contribution in [2.75, 3.05) is 13.7 Å². The smallest absolute Gasteiger partial charge is 0.335 e. The highest BCUT2D eigenvalue weighted by Gasteiger charge is 2.41. The van der Waals surface area contributed by atoms with E-state index >= 15 is 0 Å². The first-order chi connectivity index (χ1) is 21.8. The highest BCUT2D eigenvalue weighted by Crippen LogP contribution is 2.52. The first-order valence-electron chi connectivity index (χ1n) is 15.8. The summed E-state index contributed by atoms with van der Waals surface area (Å²) >= 11 is 0. The number of carbonyl (C=O) groups excluding carboxylic acids is 1. The molecule has 45 heavy (non-hydrogen) atoms. The summed E-state index contributed by atoms with van der Waals surface area (Å²) in [6.45, 7) is 2.28. The van der Waals surface area contributed by atoms with Crippen LogP contribution in [0.1, 0.15) is 79.5 Å². The minimum absolute atomic E-state index is 0.0564. The van der Waals surface area contributed by atoms with Crippen LogP contribution in [0, 0.1) is 0 Å². The lowest BCUT2D eigenvalue weighted by Crippen LogP contribution is -2.27. The van der Waals surface area contributed by atoms with Crippen LogP contribution in [0.5, 0.6) is 28.7 Å². The van der Waals surface area contributed by atoms with Gasteiger partial charge in [-0.2, -0.15) is 11.9 Å². The Bertz CT molecular complexity index is 1670. The maximum absolute atomic E-state index is 11.6. The summed E-state index contributed by atoms with van der Waals surface area (Å²) in [5, 5.41) is 32.4. The fraction of sp³-hybridized carbons (Fsp3) is 0.378. The lowest BCUT2D eigenvalue weighted by molar-refractivity contribution is 0.0253. The molecule has 0 radical (unpaired) electrons. The molecule has 1 aliphatic carbocycles. The molecule has 1 unspecified atom stereocenters. The molecule has 8 nitrogen and oxygen atoms in total. The van der Waals surface area contributed by atoms with E-state index in [1.165, 1.54) is 7.11 Å². The number of fused-ring (bicyclic) bond motifs is 1. The number of hydrogen-bond acceptors (Lipinski definition) is 6. The molecule has 2 heterocycles. The third kappa shape index (κ3) is 6.38. The van der Waals surface area contributed by atoms with Gasteiger partial charge in [-0.1, -0.05) is 68.7 Å². The Morgan fingerprint density at radius 3 is 2.49 bits per heavy atom. The third-order valence-corrected chi connectivity index (χ3v) is 9.16. The van der Waals surface area contributed by atoms with E-state index in [-0.39, 0.29) is 41.8 Å². The van der Waals surface area contributed by atoms with Crippen LogP contribution in [0.15, 0.2) is 60.8 Å². The molecule has 4 N–H and O–H groups in total. The third-order valence-electron chi connectivity index (χ3n) is 9.16. The van der Waals surface area contributed by atoms with E-state index in [1.807, 2.05) is 12.3 Å². The number of ether oxygens (including phenoxy) is 3. The van der Waals surface area contributed by atoms with E-state index in [9.17, 15) is 20.1 Å². The predicted molar refractivity (Wildman–Crippen MR) is 172 cm³/mol. The molecule has 0 bridgehead atoms. The standard InChI is InChI=1S/C37H40NO7/c1-3-27-20-26(22-38-27)25-8-6-7-23(19-25)9-14-29-33(41)36(43-2)35(44-18-17-37(42)15-4-5-16-37)32-30(40)21-31(45-34(29)32)24-10-12-28(39)13-11-24/h6-8,10-13,19-20,22,31,39,42H,3-5,9,14-18,21H2,1-2H3,(H,40,41)/q-1/p+1. The van der Waals surface area contributed by atoms with Gasteiger partial charge >= 0.3 is 5.78 Å². The fourth-order valence-corrected chi connectivity index (χ4v) is 6.57. The minimum atomic E-state index is -0.771. The molecule has 0 saturated heterocycles. The number of phenolic OH excluding ortho intramolecular Hbond substituents is 2. The van der Waals surface area contributed by atoms with E-state index in [0.29, 0.717) is 36.1 Å². The molecule has 236 valence electrons. The van der Waals surface area contributed by atoms with Crippen molar-refractivity contribution >= 4 is 5.78 Å². The Hall–Kier alpha value is -4.43. The van der Waals surface area contributed by atoms with Crippen LogP contribution in [0.3, 0.4) is 0 Å². The number of aromatic nitrogens is 1. The molecule has 1 fully saturated rings. The van der Waals surface area contributed by atoms with Gasteiger partial charge in [-0.3, -0.25) is 4.79 Å². The number of benzene rings is 3. The number of aliphatic hydroxyl groups is 1. The van der Waals surface area contributed by atoms with Gasteiger partial charge in [0.2, 0.25) is 5.75 Å². The van der Waals surface area contributed by atoms with Crippen LogP contribution >= 0.6 is 0 Å².